The zero-order valence-corrected chi connectivity index (χ0v) is 9.43. The van der Waals surface area contributed by atoms with E-state index in [0.717, 1.165) is 11.0 Å². The molecule has 1 unspecified atom stereocenters. The van der Waals surface area contributed by atoms with E-state index in [-0.39, 0.29) is 0 Å². The second-order valence-corrected chi connectivity index (χ2v) is 3.81. The maximum Gasteiger partial charge on any atom is 0.359 e. The fourth-order valence-corrected chi connectivity index (χ4v) is 1.86. The molecule has 1 aromatic heterocycles. The van der Waals surface area contributed by atoms with Crippen LogP contribution in [0.25, 0.3) is 11.0 Å². The molecule has 1 atom stereocenters. The van der Waals surface area contributed by atoms with E-state index in [0.29, 0.717) is 23.3 Å². The van der Waals surface area contributed by atoms with Crippen molar-refractivity contribution in [1.82, 2.24) is 9.55 Å². The first-order valence-corrected chi connectivity index (χ1v) is 5.48. The molecule has 90 valence electrons. The number of rotatable bonds is 4. The first-order chi connectivity index (χ1) is 8.15. The van der Waals surface area contributed by atoms with Crippen LogP contribution in [-0.2, 0) is 11.2 Å². The van der Waals surface area contributed by atoms with Gasteiger partial charge in [0, 0.05) is 6.42 Å². The minimum Gasteiger partial charge on any atom is -0.478 e. The van der Waals surface area contributed by atoms with Gasteiger partial charge in [0.05, 0.1) is 11.0 Å². The molecule has 0 aliphatic rings. The number of carbonyl (C=O) groups is 1. The first-order valence-electron chi connectivity index (χ1n) is 5.48. The van der Waals surface area contributed by atoms with E-state index in [2.05, 4.69) is 4.98 Å². The molecule has 0 fully saturated rings. The highest BCUT2D eigenvalue weighted by atomic mass is 19.1. The monoisotopic (exact) mass is 236 g/mol. The Morgan fingerprint density at radius 3 is 2.88 bits per heavy atom. The van der Waals surface area contributed by atoms with Gasteiger partial charge in [0.15, 0.2) is 0 Å². The number of carboxylic acid groups (broad SMARTS) is 1. The number of hydrogen-bond acceptors (Lipinski definition) is 2. The summed E-state index contributed by atoms with van der Waals surface area (Å²) in [6.07, 6.45) is -0.734. The number of benzene rings is 1. The van der Waals surface area contributed by atoms with Crippen LogP contribution in [0.15, 0.2) is 24.3 Å². The summed E-state index contributed by atoms with van der Waals surface area (Å²) in [5, 5.41) is 8.78. The predicted molar refractivity (Wildman–Crippen MR) is 61.5 cm³/mol. The van der Waals surface area contributed by atoms with E-state index in [1.165, 1.54) is 0 Å². The Hall–Kier alpha value is -1.91. The number of para-hydroxylation sites is 2. The van der Waals surface area contributed by atoms with Crippen LogP contribution in [0.2, 0.25) is 0 Å². The van der Waals surface area contributed by atoms with Crippen LogP contribution in [-0.4, -0.2) is 20.6 Å². The van der Waals surface area contributed by atoms with Gasteiger partial charge >= 0.3 is 5.97 Å². The van der Waals surface area contributed by atoms with Crippen molar-refractivity contribution in [1.29, 1.82) is 0 Å². The molecule has 1 heterocycles. The third-order valence-corrected chi connectivity index (χ3v) is 2.57. The van der Waals surface area contributed by atoms with E-state index in [1.807, 2.05) is 6.92 Å². The van der Waals surface area contributed by atoms with E-state index in [1.54, 1.807) is 24.3 Å². The number of aliphatic carboxylic acids is 1. The largest absolute Gasteiger partial charge is 0.478 e. The molecular weight excluding hydrogens is 223 g/mol. The Bertz CT molecular complexity index is 550. The van der Waals surface area contributed by atoms with Gasteiger partial charge in [-0.3, -0.25) is 4.57 Å². The Kier molecular flexibility index (Phi) is 3.08. The maximum atomic E-state index is 13.7. The Balaban J connectivity index is 2.63. The van der Waals surface area contributed by atoms with E-state index >= 15 is 0 Å². The lowest BCUT2D eigenvalue weighted by Gasteiger charge is -2.09. The summed E-state index contributed by atoms with van der Waals surface area (Å²) < 4.78 is 14.9. The summed E-state index contributed by atoms with van der Waals surface area (Å²) in [7, 11) is 0. The fraction of sp³-hybridized carbons (Fsp3) is 0.333. The Morgan fingerprint density at radius 1 is 1.53 bits per heavy atom. The Morgan fingerprint density at radius 2 is 2.24 bits per heavy atom. The molecule has 5 heteroatoms. The van der Waals surface area contributed by atoms with Crippen molar-refractivity contribution in [3.63, 3.8) is 0 Å². The molecule has 0 radical (unpaired) electrons. The minimum atomic E-state index is -2.08. The van der Waals surface area contributed by atoms with Gasteiger partial charge < -0.3 is 5.11 Å². The number of nitrogens with zero attached hydrogens (tertiary/aromatic N) is 2. The Labute approximate surface area is 97.7 Å². The van der Waals surface area contributed by atoms with Gasteiger partial charge in [0.2, 0.25) is 0 Å². The zero-order valence-electron chi connectivity index (χ0n) is 9.43. The lowest BCUT2D eigenvalue weighted by atomic mass is 10.3. The molecule has 17 heavy (non-hydrogen) atoms. The van der Waals surface area contributed by atoms with Crippen LogP contribution in [0, 0.1) is 0 Å². The molecule has 1 aromatic carbocycles. The van der Waals surface area contributed by atoms with Crippen molar-refractivity contribution in [3.05, 3.63) is 30.1 Å². The first kappa shape index (κ1) is 11.6. The third-order valence-electron chi connectivity index (χ3n) is 2.57. The molecule has 0 spiro atoms. The molecule has 2 aromatic rings. The quantitative estimate of drug-likeness (QED) is 0.887. The lowest BCUT2D eigenvalue weighted by Crippen LogP contribution is -2.16. The number of alkyl halides is 1. The molecule has 0 aliphatic carbocycles. The molecule has 0 amide bonds. The third kappa shape index (κ3) is 2.00. The topological polar surface area (TPSA) is 55.1 Å². The number of halogens is 1. The molecule has 0 saturated carbocycles. The minimum absolute atomic E-state index is 0.476. The number of aromatic nitrogens is 2. The molecule has 0 saturated heterocycles. The summed E-state index contributed by atoms with van der Waals surface area (Å²) in [5.74, 6) is -1.02. The number of fused-ring (bicyclic) bond motifs is 1. The van der Waals surface area contributed by atoms with Crippen molar-refractivity contribution < 1.29 is 14.3 Å². The summed E-state index contributed by atoms with van der Waals surface area (Å²) in [6, 6.07) is 6.96. The van der Waals surface area contributed by atoms with Crippen LogP contribution < -0.4 is 0 Å². The number of carboxylic acids is 1. The van der Waals surface area contributed by atoms with Crippen molar-refractivity contribution in [2.45, 2.75) is 26.1 Å². The average molecular weight is 236 g/mol. The van der Waals surface area contributed by atoms with Gasteiger partial charge in [-0.15, -0.1) is 0 Å². The predicted octanol–water partition coefficient (Wildman–Crippen LogP) is 2.54. The molecule has 1 N–H and O–H groups in total. The van der Waals surface area contributed by atoms with Crippen LogP contribution in [0.3, 0.4) is 0 Å². The standard InChI is InChI=1S/C12H13FN2O2/c1-2-5-10-14-8-6-3-4-7-9(8)15(10)11(13)12(16)17/h3-4,6-7,11H,2,5H2,1H3,(H,16,17). The van der Waals surface area contributed by atoms with Crippen LogP contribution in [0.4, 0.5) is 4.39 Å². The van der Waals surface area contributed by atoms with Gasteiger partial charge in [-0.25, -0.2) is 14.2 Å². The van der Waals surface area contributed by atoms with Crippen molar-refractivity contribution >= 4 is 17.0 Å². The molecule has 2 rings (SSSR count). The SMILES string of the molecule is CCCc1nc2ccccc2n1C(F)C(=O)O. The van der Waals surface area contributed by atoms with Crippen LogP contribution >= 0.6 is 0 Å². The van der Waals surface area contributed by atoms with Crippen LogP contribution in [0.1, 0.15) is 25.5 Å². The maximum absolute atomic E-state index is 13.7. The summed E-state index contributed by atoms with van der Waals surface area (Å²) in [6.45, 7) is 1.94. The highest BCUT2D eigenvalue weighted by molar-refractivity contribution is 5.79. The van der Waals surface area contributed by atoms with Gasteiger partial charge in [0.25, 0.3) is 6.30 Å². The molecule has 4 nitrogen and oxygen atoms in total. The van der Waals surface area contributed by atoms with E-state index < -0.39 is 12.3 Å². The highest BCUT2D eigenvalue weighted by Crippen LogP contribution is 2.23. The molecular formula is C12H13FN2O2. The number of aryl methyl sites for hydroxylation is 1. The van der Waals surface area contributed by atoms with Crippen molar-refractivity contribution in [3.8, 4) is 0 Å². The van der Waals surface area contributed by atoms with E-state index in [4.69, 9.17) is 5.11 Å². The van der Waals surface area contributed by atoms with E-state index in [9.17, 15) is 9.18 Å². The smallest absolute Gasteiger partial charge is 0.359 e. The zero-order chi connectivity index (χ0) is 12.4. The molecule has 0 aliphatic heterocycles. The van der Waals surface area contributed by atoms with Crippen LogP contribution in [0.5, 0.6) is 0 Å². The lowest BCUT2D eigenvalue weighted by molar-refractivity contribution is -0.146. The molecule has 0 bridgehead atoms. The highest BCUT2D eigenvalue weighted by Gasteiger charge is 2.23. The second kappa shape index (κ2) is 4.53. The average Bonchev–Trinajstić information content (AvgIpc) is 2.66. The summed E-state index contributed by atoms with van der Waals surface area (Å²) in [4.78, 5) is 15.0. The normalized spacial score (nSPS) is 12.8. The van der Waals surface area contributed by atoms with Gasteiger partial charge in [-0.1, -0.05) is 19.1 Å². The summed E-state index contributed by atoms with van der Waals surface area (Å²) >= 11 is 0. The van der Waals surface area contributed by atoms with Gasteiger partial charge in [-0.05, 0) is 18.6 Å². The second-order valence-electron chi connectivity index (χ2n) is 3.81. The summed E-state index contributed by atoms with van der Waals surface area (Å²) in [5.41, 5.74) is 1.14. The number of imidazole rings is 1. The van der Waals surface area contributed by atoms with Gasteiger partial charge in [-0.2, -0.15) is 0 Å². The number of hydrogen-bond donors (Lipinski definition) is 1. The van der Waals surface area contributed by atoms with Gasteiger partial charge in [0.1, 0.15) is 5.82 Å². The fourth-order valence-electron chi connectivity index (χ4n) is 1.86. The van der Waals surface area contributed by atoms with Crippen molar-refractivity contribution in [2.75, 3.05) is 0 Å². The van der Waals surface area contributed by atoms with Crippen molar-refractivity contribution in [2.24, 2.45) is 0 Å².